The summed E-state index contributed by atoms with van der Waals surface area (Å²) in [5.74, 6) is 4.80. The first-order valence-corrected chi connectivity index (χ1v) is 50.4. The van der Waals surface area contributed by atoms with Gasteiger partial charge in [0.1, 0.15) is 11.5 Å². The maximum Gasteiger partial charge on any atom is 0.119 e. The van der Waals surface area contributed by atoms with Crippen LogP contribution >= 0.6 is 0 Å². The van der Waals surface area contributed by atoms with E-state index in [0.29, 0.717) is 54.1 Å². The van der Waals surface area contributed by atoms with E-state index >= 15 is 0 Å². The SMILES string of the molecule is CC(C)(C)C1CCC(C(C)(C)C)CC1.CC(C)(C)C1CCCCC1.CC(C)(C)CCCc1ccccc1.CC(C)(C)CCOc1ccccc1.CC(C)(C)CCc1ccccc1.CC(C)(C)Cc1ccccc1.CC(C)(C)c1ccccc1.COc1ccc(C(C)(C)C)cc1.Cc1ccc(C(C)(C)C)cc1.Cc1ccc(CC(C)(C)C)cc1.Cc1ccc(CC(C)(C)C)cc1. The summed E-state index contributed by atoms with van der Waals surface area (Å²) < 4.78 is 10.7. The predicted octanol–water partition coefficient (Wildman–Crippen LogP) is 39.4. The number of methoxy groups -OCH3 is 1. The Labute approximate surface area is 807 Å². The molecule has 0 aromatic heterocycles. The van der Waals surface area contributed by atoms with Gasteiger partial charge >= 0.3 is 0 Å². The Morgan fingerprint density at radius 1 is 0.231 bits per heavy atom. The molecule has 11 rings (SSSR count). The third kappa shape index (κ3) is 64.4. The average molecular weight is 1770 g/mol. The summed E-state index contributed by atoms with van der Waals surface area (Å²) in [6.45, 7) is 89.5. The third-order valence-electron chi connectivity index (χ3n) is 23.9. The number of hydrogen-bond acceptors (Lipinski definition) is 2. The van der Waals surface area contributed by atoms with Gasteiger partial charge in [-0.15, -0.1) is 0 Å². The van der Waals surface area contributed by atoms with E-state index in [4.69, 9.17) is 9.47 Å². The molecule has 0 atom stereocenters. The minimum Gasteiger partial charge on any atom is -0.497 e. The van der Waals surface area contributed by atoms with Crippen LogP contribution in [0.25, 0.3) is 0 Å². The molecule has 9 aromatic rings. The second-order valence-electron chi connectivity index (χ2n) is 51.3. The van der Waals surface area contributed by atoms with Crippen LogP contribution in [0.5, 0.6) is 11.5 Å². The molecule has 0 spiro atoms. The quantitative estimate of drug-likeness (QED) is 0.121. The molecule has 0 heterocycles. The topological polar surface area (TPSA) is 18.5 Å². The molecule has 0 aliphatic heterocycles. The molecular weight excluding hydrogens is 1570 g/mol. The summed E-state index contributed by atoms with van der Waals surface area (Å²) in [4.78, 5) is 0. The van der Waals surface area contributed by atoms with E-state index < -0.39 is 0 Å². The second-order valence-corrected chi connectivity index (χ2v) is 51.3. The lowest BCUT2D eigenvalue weighted by Crippen LogP contribution is -2.30. The summed E-state index contributed by atoms with van der Waals surface area (Å²) in [5.41, 5.74) is 20.3. The average Bonchev–Trinajstić information content (AvgIpc) is 0.833. The lowest BCUT2D eigenvalue weighted by molar-refractivity contribution is 0.0970. The van der Waals surface area contributed by atoms with E-state index in [0.717, 1.165) is 61.5 Å². The minimum atomic E-state index is 0.228. The van der Waals surface area contributed by atoms with Gasteiger partial charge in [0.25, 0.3) is 0 Å². The lowest BCUT2D eigenvalue weighted by Gasteiger charge is -2.41. The molecule has 2 aliphatic carbocycles. The summed E-state index contributed by atoms with van der Waals surface area (Å²) >= 11 is 0. The van der Waals surface area contributed by atoms with Crippen LogP contribution in [0.1, 0.15) is 394 Å². The highest BCUT2D eigenvalue weighted by molar-refractivity contribution is 5.32. The first-order valence-electron chi connectivity index (χ1n) is 50.4. The van der Waals surface area contributed by atoms with Crippen LogP contribution in [0.15, 0.2) is 249 Å². The van der Waals surface area contributed by atoms with Gasteiger partial charge in [-0.05, 0) is 269 Å². The van der Waals surface area contributed by atoms with Gasteiger partial charge in [0.2, 0.25) is 0 Å². The first-order chi connectivity index (χ1) is 59.7. The van der Waals surface area contributed by atoms with Crippen molar-refractivity contribution in [2.75, 3.05) is 13.7 Å². The van der Waals surface area contributed by atoms with Crippen molar-refractivity contribution in [1.29, 1.82) is 0 Å². The number of aryl methyl sites for hydroxylation is 5. The first kappa shape index (κ1) is 121. The molecule has 0 saturated heterocycles. The Bertz CT molecular complexity index is 4080. The molecule has 0 bridgehead atoms. The Morgan fingerprint density at radius 3 is 0.769 bits per heavy atom. The van der Waals surface area contributed by atoms with Crippen molar-refractivity contribution in [2.24, 2.45) is 66.5 Å². The molecular formula is C128H202O2. The fourth-order valence-corrected chi connectivity index (χ4v) is 15.3. The Balaban J connectivity index is 0.000000716. The Hall–Kier alpha value is -7.42. The molecule has 0 radical (unpaired) electrons. The van der Waals surface area contributed by atoms with Gasteiger partial charge in [-0.2, -0.15) is 0 Å². The largest absolute Gasteiger partial charge is 0.497 e. The molecule has 0 amide bonds. The smallest absolute Gasteiger partial charge is 0.119 e. The molecule has 130 heavy (non-hydrogen) atoms. The highest BCUT2D eigenvalue weighted by Crippen LogP contribution is 2.45. The van der Waals surface area contributed by atoms with Gasteiger partial charge in [-0.25, -0.2) is 0 Å². The van der Waals surface area contributed by atoms with Gasteiger partial charge in [-0.1, -0.05) is 510 Å². The molecule has 2 saturated carbocycles. The lowest BCUT2D eigenvalue weighted by atomic mass is 9.64. The van der Waals surface area contributed by atoms with Crippen LogP contribution in [0, 0.1) is 87.3 Å². The number of hydrogen-bond donors (Lipinski definition) is 0. The molecule has 726 valence electrons. The van der Waals surface area contributed by atoms with Gasteiger partial charge in [0.05, 0.1) is 13.7 Å². The van der Waals surface area contributed by atoms with E-state index in [1.807, 2.05) is 42.5 Å². The summed E-state index contributed by atoms with van der Waals surface area (Å²) in [6.07, 6.45) is 24.0. The van der Waals surface area contributed by atoms with E-state index in [1.165, 1.54) is 151 Å². The Kier molecular flexibility index (Phi) is 53.8. The number of para-hydroxylation sites is 1. The van der Waals surface area contributed by atoms with Crippen molar-refractivity contribution in [3.8, 4) is 11.5 Å². The molecule has 0 unspecified atom stereocenters. The minimum absolute atomic E-state index is 0.228. The van der Waals surface area contributed by atoms with Crippen molar-refractivity contribution in [3.63, 3.8) is 0 Å². The molecule has 2 nitrogen and oxygen atoms in total. The van der Waals surface area contributed by atoms with E-state index in [9.17, 15) is 0 Å². The van der Waals surface area contributed by atoms with Crippen molar-refractivity contribution in [3.05, 3.63) is 310 Å². The van der Waals surface area contributed by atoms with Crippen LogP contribution in [0.4, 0.5) is 0 Å². The normalized spacial score (nSPS) is 14.5. The Morgan fingerprint density at radius 2 is 0.492 bits per heavy atom. The van der Waals surface area contributed by atoms with Crippen molar-refractivity contribution in [1.82, 2.24) is 0 Å². The van der Waals surface area contributed by atoms with Crippen LogP contribution in [0.2, 0.25) is 0 Å². The number of rotatable bonds is 12. The standard InChI is InChI=1S/C14H28.C13H20.C12H18O.3C12H18.C11H16O.2C11H16.C10H20.C10H14/c1-13(2,3)11-7-9-12(10-8-11)14(4,5)6;1-13(2,3)11-7-10-12-8-5-4-6-9-12;1-12(2,3)9-10-13-11-7-5-4-6-8-11;2*1-10-5-7-11(8-6-10)9-12(2,3)4;1-12(2,3)10-9-11-7-5-4-6-8-11;1-11(2,3)9-5-7-10(12-4)8-6-9;1-9-5-7-10(8-6-9)11(2,3)4;1-11(2,3)9-10-7-5-4-6-8-10;2*1-10(2,3)9-7-5-4-6-8-9/h11-12H,7-10H2,1-6H3;4-6,8-9H,7,10-11H2,1-3H3;4-8H,9-10H2,1-3H3;2*5-8H,9H2,1-4H3;4-8H,9-10H2,1-3H3;5-8H,1-4H3;5-8H,1-4H3;4-8H,9H2,1-3H3;9H,4-8H2,1-3H3;4-8H,1-3H3. The van der Waals surface area contributed by atoms with E-state index in [-0.39, 0.29) is 10.8 Å². The summed E-state index contributed by atoms with van der Waals surface area (Å²) in [6, 6.07) is 87.1. The van der Waals surface area contributed by atoms with Gasteiger partial charge in [0.15, 0.2) is 0 Å². The number of benzene rings is 9. The maximum atomic E-state index is 5.58. The second kappa shape index (κ2) is 58.0. The monoisotopic (exact) mass is 1770 g/mol. The zero-order valence-electron chi connectivity index (χ0n) is 92.2. The molecule has 2 aliphatic rings. The van der Waals surface area contributed by atoms with Crippen LogP contribution < -0.4 is 9.47 Å². The third-order valence-corrected chi connectivity index (χ3v) is 23.9. The van der Waals surface area contributed by atoms with Crippen molar-refractivity contribution >= 4 is 0 Å². The fourth-order valence-electron chi connectivity index (χ4n) is 15.3. The van der Waals surface area contributed by atoms with Gasteiger partial charge < -0.3 is 9.47 Å². The zero-order valence-corrected chi connectivity index (χ0v) is 92.2. The van der Waals surface area contributed by atoms with Crippen molar-refractivity contribution in [2.45, 2.75) is 402 Å². The van der Waals surface area contributed by atoms with Crippen molar-refractivity contribution < 1.29 is 9.47 Å². The van der Waals surface area contributed by atoms with E-state index in [2.05, 4.69) is 476 Å². The fraction of sp³-hybridized carbons (Fsp3) is 0.578. The van der Waals surface area contributed by atoms with Gasteiger partial charge in [-0.3, -0.25) is 0 Å². The summed E-state index contributed by atoms with van der Waals surface area (Å²) in [5, 5.41) is 0. The van der Waals surface area contributed by atoms with Crippen LogP contribution in [0.3, 0.4) is 0 Å². The van der Waals surface area contributed by atoms with E-state index in [1.54, 1.807) is 7.11 Å². The molecule has 0 N–H and O–H groups in total. The molecule has 2 heteroatoms. The predicted molar refractivity (Wildman–Crippen MR) is 584 cm³/mol. The highest BCUT2D eigenvalue weighted by Gasteiger charge is 2.34. The maximum absolute atomic E-state index is 5.58. The number of ether oxygens (including phenoxy) is 2. The highest BCUT2D eigenvalue weighted by atomic mass is 16.5. The summed E-state index contributed by atoms with van der Waals surface area (Å²) in [7, 11) is 1.69. The molecule has 9 aromatic carbocycles. The zero-order chi connectivity index (χ0) is 99.1. The van der Waals surface area contributed by atoms with Gasteiger partial charge in [0, 0.05) is 0 Å². The van der Waals surface area contributed by atoms with Crippen LogP contribution in [-0.2, 0) is 48.3 Å². The van der Waals surface area contributed by atoms with Crippen LogP contribution in [-0.4, -0.2) is 13.7 Å². The molecule has 2 fully saturated rings.